The second kappa shape index (κ2) is 4.86. The summed E-state index contributed by atoms with van der Waals surface area (Å²) >= 11 is 0. The molecule has 0 aromatic carbocycles. The number of furan rings is 1. The molecule has 0 saturated carbocycles. The standard InChI is InChI=1S/C12H13NO4/c1-3-5-8-10(12(14)15-2)17-11(13-8)9-6-4-7-16-9/h4,6-7H,3,5H2,1-2H3. The quantitative estimate of drug-likeness (QED) is 0.762. The second-order valence-corrected chi connectivity index (χ2v) is 3.51. The Bertz CT molecular complexity index is 499. The summed E-state index contributed by atoms with van der Waals surface area (Å²) in [7, 11) is 1.31. The molecule has 0 radical (unpaired) electrons. The molecule has 0 amide bonds. The number of oxazole rings is 1. The molecule has 0 saturated heterocycles. The average molecular weight is 235 g/mol. The number of aryl methyl sites for hydroxylation is 1. The predicted molar refractivity (Wildman–Crippen MR) is 59.5 cm³/mol. The summed E-state index contributed by atoms with van der Waals surface area (Å²) in [5, 5.41) is 0. The van der Waals surface area contributed by atoms with Crippen LogP contribution in [0.5, 0.6) is 0 Å². The van der Waals surface area contributed by atoms with Gasteiger partial charge in [0, 0.05) is 0 Å². The minimum atomic E-state index is -0.515. The first-order valence-electron chi connectivity index (χ1n) is 5.38. The van der Waals surface area contributed by atoms with Crippen LogP contribution in [0.15, 0.2) is 27.2 Å². The molecule has 17 heavy (non-hydrogen) atoms. The van der Waals surface area contributed by atoms with Gasteiger partial charge in [-0.15, -0.1) is 0 Å². The minimum Gasteiger partial charge on any atom is -0.463 e. The van der Waals surface area contributed by atoms with E-state index in [1.54, 1.807) is 12.1 Å². The van der Waals surface area contributed by atoms with E-state index in [0.717, 1.165) is 6.42 Å². The van der Waals surface area contributed by atoms with Crippen LogP contribution in [0.2, 0.25) is 0 Å². The molecule has 0 aliphatic rings. The Labute approximate surface area is 98.4 Å². The number of hydrogen-bond acceptors (Lipinski definition) is 5. The molecule has 5 nitrogen and oxygen atoms in total. The lowest BCUT2D eigenvalue weighted by molar-refractivity contribution is 0.0564. The highest BCUT2D eigenvalue weighted by Crippen LogP contribution is 2.23. The largest absolute Gasteiger partial charge is 0.463 e. The van der Waals surface area contributed by atoms with Gasteiger partial charge in [0.15, 0.2) is 5.76 Å². The third kappa shape index (κ3) is 2.22. The van der Waals surface area contributed by atoms with Gasteiger partial charge in [0.2, 0.25) is 5.76 Å². The summed E-state index contributed by atoms with van der Waals surface area (Å²) in [6, 6.07) is 3.46. The summed E-state index contributed by atoms with van der Waals surface area (Å²) in [6.45, 7) is 2.00. The number of methoxy groups -OCH3 is 1. The molecule has 2 heterocycles. The van der Waals surface area contributed by atoms with Crippen molar-refractivity contribution in [3.8, 4) is 11.7 Å². The average Bonchev–Trinajstić information content (AvgIpc) is 2.96. The van der Waals surface area contributed by atoms with Crippen LogP contribution in [-0.2, 0) is 11.2 Å². The third-order valence-electron chi connectivity index (χ3n) is 2.29. The fraction of sp³-hybridized carbons (Fsp3) is 0.333. The van der Waals surface area contributed by atoms with Crippen molar-refractivity contribution < 1.29 is 18.4 Å². The Morgan fingerprint density at radius 1 is 1.53 bits per heavy atom. The van der Waals surface area contributed by atoms with E-state index in [1.165, 1.54) is 13.4 Å². The van der Waals surface area contributed by atoms with Gasteiger partial charge in [-0.25, -0.2) is 9.78 Å². The lowest BCUT2D eigenvalue weighted by atomic mass is 10.2. The Morgan fingerprint density at radius 2 is 2.35 bits per heavy atom. The van der Waals surface area contributed by atoms with Crippen molar-refractivity contribution in [2.24, 2.45) is 0 Å². The topological polar surface area (TPSA) is 65.5 Å². The van der Waals surface area contributed by atoms with Gasteiger partial charge >= 0.3 is 5.97 Å². The van der Waals surface area contributed by atoms with E-state index in [0.29, 0.717) is 23.8 Å². The zero-order valence-electron chi connectivity index (χ0n) is 9.73. The Morgan fingerprint density at radius 3 is 2.94 bits per heavy atom. The lowest BCUT2D eigenvalue weighted by Crippen LogP contribution is -2.03. The second-order valence-electron chi connectivity index (χ2n) is 3.51. The molecule has 0 spiro atoms. The van der Waals surface area contributed by atoms with Crippen LogP contribution in [0.1, 0.15) is 29.6 Å². The maximum atomic E-state index is 11.5. The first-order chi connectivity index (χ1) is 8.26. The fourth-order valence-electron chi connectivity index (χ4n) is 1.52. The highest BCUT2D eigenvalue weighted by Gasteiger charge is 2.21. The van der Waals surface area contributed by atoms with Crippen LogP contribution in [0, 0.1) is 0 Å². The van der Waals surface area contributed by atoms with Crippen LogP contribution in [0.3, 0.4) is 0 Å². The molecule has 0 fully saturated rings. The normalized spacial score (nSPS) is 10.5. The molecule has 90 valence electrons. The molecule has 0 aliphatic heterocycles. The predicted octanol–water partition coefficient (Wildman–Crippen LogP) is 2.67. The van der Waals surface area contributed by atoms with Gasteiger partial charge in [-0.3, -0.25) is 0 Å². The Balaban J connectivity index is 2.40. The van der Waals surface area contributed by atoms with Gasteiger partial charge < -0.3 is 13.6 Å². The van der Waals surface area contributed by atoms with Crippen LogP contribution >= 0.6 is 0 Å². The number of nitrogens with zero attached hydrogens (tertiary/aromatic N) is 1. The summed E-state index contributed by atoms with van der Waals surface area (Å²) in [5.74, 6) is 0.441. The lowest BCUT2D eigenvalue weighted by Gasteiger charge is -1.95. The minimum absolute atomic E-state index is 0.153. The molecule has 0 bridgehead atoms. The summed E-state index contributed by atoms with van der Waals surface area (Å²) in [6.07, 6.45) is 3.06. The van der Waals surface area contributed by atoms with Crippen molar-refractivity contribution >= 4 is 5.97 Å². The van der Waals surface area contributed by atoms with Crippen LogP contribution < -0.4 is 0 Å². The maximum absolute atomic E-state index is 11.5. The SMILES string of the molecule is CCCc1nc(-c2ccco2)oc1C(=O)OC. The number of carbonyl (C=O) groups is 1. The molecule has 0 atom stereocenters. The number of aromatic nitrogens is 1. The molecule has 2 rings (SSSR count). The van der Waals surface area contributed by atoms with E-state index in [2.05, 4.69) is 9.72 Å². The zero-order valence-corrected chi connectivity index (χ0v) is 9.73. The van der Waals surface area contributed by atoms with Gasteiger partial charge in [-0.05, 0) is 18.6 Å². The number of esters is 1. The first kappa shape index (κ1) is 11.4. The summed E-state index contributed by atoms with van der Waals surface area (Å²) in [4.78, 5) is 15.8. The van der Waals surface area contributed by atoms with E-state index in [1.807, 2.05) is 6.92 Å². The van der Waals surface area contributed by atoms with Crippen molar-refractivity contribution in [1.82, 2.24) is 4.98 Å². The Kier molecular flexibility index (Phi) is 3.27. The monoisotopic (exact) mass is 235 g/mol. The van der Waals surface area contributed by atoms with Crippen molar-refractivity contribution in [1.29, 1.82) is 0 Å². The van der Waals surface area contributed by atoms with Crippen molar-refractivity contribution in [3.05, 3.63) is 29.9 Å². The molecular weight excluding hydrogens is 222 g/mol. The molecule has 5 heteroatoms. The number of hydrogen-bond donors (Lipinski definition) is 0. The Hall–Kier alpha value is -2.04. The first-order valence-corrected chi connectivity index (χ1v) is 5.38. The van der Waals surface area contributed by atoms with Crippen LogP contribution in [0.25, 0.3) is 11.7 Å². The smallest absolute Gasteiger partial charge is 0.376 e. The number of carbonyl (C=O) groups excluding carboxylic acids is 1. The van der Waals surface area contributed by atoms with E-state index < -0.39 is 5.97 Å². The highest BCUT2D eigenvalue weighted by atomic mass is 16.5. The summed E-state index contributed by atoms with van der Waals surface area (Å²) < 4.78 is 15.2. The zero-order chi connectivity index (χ0) is 12.3. The number of ether oxygens (including phenoxy) is 1. The molecule has 2 aromatic heterocycles. The van der Waals surface area contributed by atoms with Gasteiger partial charge in [0.1, 0.15) is 0 Å². The van der Waals surface area contributed by atoms with E-state index in [9.17, 15) is 4.79 Å². The molecule has 0 aliphatic carbocycles. The molecule has 0 N–H and O–H groups in total. The molecule has 0 unspecified atom stereocenters. The molecular formula is C12H13NO4. The third-order valence-corrected chi connectivity index (χ3v) is 2.29. The van der Waals surface area contributed by atoms with E-state index >= 15 is 0 Å². The van der Waals surface area contributed by atoms with Crippen molar-refractivity contribution in [2.75, 3.05) is 7.11 Å². The number of rotatable bonds is 4. The maximum Gasteiger partial charge on any atom is 0.376 e. The van der Waals surface area contributed by atoms with Crippen molar-refractivity contribution in [3.63, 3.8) is 0 Å². The van der Waals surface area contributed by atoms with Gasteiger partial charge in [-0.1, -0.05) is 13.3 Å². The van der Waals surface area contributed by atoms with E-state index in [4.69, 9.17) is 8.83 Å². The fourth-order valence-corrected chi connectivity index (χ4v) is 1.52. The summed E-state index contributed by atoms with van der Waals surface area (Å²) in [5.41, 5.74) is 0.603. The van der Waals surface area contributed by atoms with Gasteiger partial charge in [-0.2, -0.15) is 0 Å². The van der Waals surface area contributed by atoms with Crippen LogP contribution in [-0.4, -0.2) is 18.1 Å². The van der Waals surface area contributed by atoms with Gasteiger partial charge in [0.25, 0.3) is 5.89 Å². The van der Waals surface area contributed by atoms with E-state index in [-0.39, 0.29) is 5.76 Å². The highest BCUT2D eigenvalue weighted by molar-refractivity contribution is 5.87. The van der Waals surface area contributed by atoms with Crippen molar-refractivity contribution in [2.45, 2.75) is 19.8 Å². The van der Waals surface area contributed by atoms with Gasteiger partial charge in [0.05, 0.1) is 19.1 Å². The molecule has 2 aromatic rings. The van der Waals surface area contributed by atoms with Crippen LogP contribution in [0.4, 0.5) is 0 Å².